The summed E-state index contributed by atoms with van der Waals surface area (Å²) in [7, 11) is 1.84. The Labute approximate surface area is 77.7 Å². The predicted molar refractivity (Wildman–Crippen MR) is 50.4 cm³/mol. The van der Waals surface area contributed by atoms with Crippen molar-refractivity contribution in [1.82, 2.24) is 5.32 Å². The van der Waals surface area contributed by atoms with Crippen molar-refractivity contribution in [2.75, 3.05) is 13.7 Å². The summed E-state index contributed by atoms with van der Waals surface area (Å²) in [5, 5.41) is 3.01. The zero-order valence-corrected chi connectivity index (χ0v) is 7.88. The molecule has 0 heterocycles. The Balaban J connectivity index is 2.50. The second-order valence-corrected chi connectivity index (χ2v) is 2.93. The molecule has 1 rings (SSSR count). The molecule has 1 aromatic carbocycles. The topological polar surface area (TPSA) is 21.3 Å². The smallest absolute Gasteiger partial charge is 0.165 e. The molecule has 1 aromatic rings. The lowest BCUT2D eigenvalue weighted by Crippen LogP contribution is -2.28. The molecule has 0 aliphatic rings. The van der Waals surface area contributed by atoms with E-state index in [9.17, 15) is 4.39 Å². The maximum atomic E-state index is 13.0. The Morgan fingerprint density at radius 1 is 1.46 bits per heavy atom. The van der Waals surface area contributed by atoms with E-state index in [0.717, 1.165) is 0 Å². The van der Waals surface area contributed by atoms with Crippen LogP contribution in [0.25, 0.3) is 0 Å². The fraction of sp³-hybridized carbons (Fsp3) is 0.400. The lowest BCUT2D eigenvalue weighted by molar-refractivity contribution is 0.268. The van der Waals surface area contributed by atoms with Crippen LogP contribution in [0.3, 0.4) is 0 Å². The Kier molecular flexibility index (Phi) is 3.71. The van der Waals surface area contributed by atoms with E-state index in [1.165, 1.54) is 6.07 Å². The van der Waals surface area contributed by atoms with Gasteiger partial charge in [0.25, 0.3) is 0 Å². The summed E-state index contributed by atoms with van der Waals surface area (Å²) >= 11 is 0. The number of rotatable bonds is 4. The zero-order chi connectivity index (χ0) is 9.68. The summed E-state index contributed by atoms with van der Waals surface area (Å²) < 4.78 is 18.3. The molecule has 0 amide bonds. The number of likely N-dealkylation sites (N-methyl/N-ethyl adjacent to an activating group) is 1. The van der Waals surface area contributed by atoms with Crippen LogP contribution in [0.4, 0.5) is 4.39 Å². The van der Waals surface area contributed by atoms with Crippen molar-refractivity contribution in [1.29, 1.82) is 0 Å². The number of para-hydroxylation sites is 1. The van der Waals surface area contributed by atoms with Gasteiger partial charge in [-0.15, -0.1) is 0 Å². The fourth-order valence-electron chi connectivity index (χ4n) is 0.860. The Morgan fingerprint density at radius 2 is 2.15 bits per heavy atom. The van der Waals surface area contributed by atoms with E-state index >= 15 is 0 Å². The van der Waals surface area contributed by atoms with Gasteiger partial charge in [0.15, 0.2) is 11.6 Å². The van der Waals surface area contributed by atoms with Gasteiger partial charge in [0.1, 0.15) is 6.61 Å². The number of nitrogens with one attached hydrogen (secondary N) is 1. The number of hydrogen-bond acceptors (Lipinski definition) is 2. The van der Waals surface area contributed by atoms with Gasteiger partial charge < -0.3 is 10.1 Å². The fourth-order valence-corrected chi connectivity index (χ4v) is 0.860. The first-order chi connectivity index (χ1) is 6.24. The summed E-state index contributed by atoms with van der Waals surface area (Å²) in [6, 6.07) is 6.63. The first kappa shape index (κ1) is 9.99. The monoisotopic (exact) mass is 183 g/mol. The average Bonchev–Trinajstić information content (AvgIpc) is 2.16. The van der Waals surface area contributed by atoms with Gasteiger partial charge in [-0.25, -0.2) is 4.39 Å². The van der Waals surface area contributed by atoms with Gasteiger partial charge in [-0.2, -0.15) is 0 Å². The molecular formula is C10H14FNO. The van der Waals surface area contributed by atoms with Crippen molar-refractivity contribution in [3.8, 4) is 5.75 Å². The number of hydrogen-bond donors (Lipinski definition) is 1. The van der Waals surface area contributed by atoms with Crippen molar-refractivity contribution in [3.63, 3.8) is 0 Å². The largest absolute Gasteiger partial charge is 0.489 e. The van der Waals surface area contributed by atoms with Crippen LogP contribution in [0, 0.1) is 5.82 Å². The molecule has 0 radical (unpaired) electrons. The molecule has 0 saturated heterocycles. The van der Waals surface area contributed by atoms with Gasteiger partial charge in [0.05, 0.1) is 0 Å². The second kappa shape index (κ2) is 4.82. The van der Waals surface area contributed by atoms with E-state index in [2.05, 4.69) is 5.32 Å². The van der Waals surface area contributed by atoms with E-state index in [0.29, 0.717) is 12.4 Å². The van der Waals surface area contributed by atoms with Crippen molar-refractivity contribution < 1.29 is 9.13 Å². The van der Waals surface area contributed by atoms with Crippen molar-refractivity contribution in [3.05, 3.63) is 30.1 Å². The standard InChI is InChI=1S/C10H14FNO/c1-8(12-2)7-13-10-6-4-3-5-9(10)11/h3-6,8,12H,7H2,1-2H3. The molecule has 0 spiro atoms. The molecule has 0 bridgehead atoms. The molecule has 0 saturated carbocycles. The van der Waals surface area contributed by atoms with E-state index in [-0.39, 0.29) is 11.9 Å². The zero-order valence-electron chi connectivity index (χ0n) is 7.88. The summed E-state index contributed by atoms with van der Waals surface area (Å²) in [5.41, 5.74) is 0. The van der Waals surface area contributed by atoms with Crippen LogP contribution in [0.5, 0.6) is 5.75 Å². The average molecular weight is 183 g/mol. The summed E-state index contributed by atoms with van der Waals surface area (Å²) in [4.78, 5) is 0. The molecular weight excluding hydrogens is 169 g/mol. The third-order valence-electron chi connectivity index (χ3n) is 1.82. The van der Waals surface area contributed by atoms with Gasteiger partial charge in [-0.05, 0) is 26.1 Å². The lowest BCUT2D eigenvalue weighted by atomic mass is 10.3. The molecule has 13 heavy (non-hydrogen) atoms. The first-order valence-corrected chi connectivity index (χ1v) is 4.28. The van der Waals surface area contributed by atoms with Crippen LogP contribution in [0.2, 0.25) is 0 Å². The summed E-state index contributed by atoms with van der Waals surface area (Å²) in [6.45, 7) is 2.44. The van der Waals surface area contributed by atoms with Crippen LogP contribution in [0.1, 0.15) is 6.92 Å². The third kappa shape index (κ3) is 3.03. The highest BCUT2D eigenvalue weighted by Gasteiger charge is 2.03. The number of halogens is 1. The minimum absolute atomic E-state index is 0.222. The van der Waals surface area contributed by atoms with E-state index in [1.54, 1.807) is 18.2 Å². The molecule has 1 N–H and O–H groups in total. The van der Waals surface area contributed by atoms with Crippen molar-refractivity contribution >= 4 is 0 Å². The highest BCUT2D eigenvalue weighted by atomic mass is 19.1. The number of ether oxygens (including phenoxy) is 1. The first-order valence-electron chi connectivity index (χ1n) is 4.28. The predicted octanol–water partition coefficient (Wildman–Crippen LogP) is 1.81. The molecule has 0 aromatic heterocycles. The molecule has 2 nitrogen and oxygen atoms in total. The van der Waals surface area contributed by atoms with Crippen LogP contribution in [0.15, 0.2) is 24.3 Å². The Morgan fingerprint density at radius 3 is 2.77 bits per heavy atom. The second-order valence-electron chi connectivity index (χ2n) is 2.93. The van der Waals surface area contributed by atoms with Gasteiger partial charge >= 0.3 is 0 Å². The Hall–Kier alpha value is -1.09. The van der Waals surface area contributed by atoms with Crippen molar-refractivity contribution in [2.24, 2.45) is 0 Å². The molecule has 1 atom stereocenters. The van der Waals surface area contributed by atoms with E-state index in [1.807, 2.05) is 14.0 Å². The van der Waals surface area contributed by atoms with Gasteiger partial charge in [0, 0.05) is 6.04 Å². The van der Waals surface area contributed by atoms with E-state index in [4.69, 9.17) is 4.74 Å². The van der Waals surface area contributed by atoms with Gasteiger partial charge in [-0.1, -0.05) is 12.1 Å². The van der Waals surface area contributed by atoms with Crippen molar-refractivity contribution in [2.45, 2.75) is 13.0 Å². The molecule has 0 aliphatic heterocycles. The summed E-state index contributed by atoms with van der Waals surface area (Å²) in [5.74, 6) is -0.00426. The molecule has 0 aliphatic carbocycles. The normalized spacial score (nSPS) is 12.5. The van der Waals surface area contributed by atoms with E-state index < -0.39 is 0 Å². The molecule has 0 fully saturated rings. The van der Waals surface area contributed by atoms with Crippen LogP contribution in [-0.2, 0) is 0 Å². The van der Waals surface area contributed by atoms with Gasteiger partial charge in [-0.3, -0.25) is 0 Å². The quantitative estimate of drug-likeness (QED) is 0.768. The SMILES string of the molecule is CNC(C)COc1ccccc1F. The molecule has 1 unspecified atom stereocenters. The molecule has 3 heteroatoms. The summed E-state index contributed by atoms with van der Waals surface area (Å²) in [6.07, 6.45) is 0. The van der Waals surface area contributed by atoms with Crippen LogP contribution >= 0.6 is 0 Å². The minimum Gasteiger partial charge on any atom is -0.489 e. The molecule has 72 valence electrons. The van der Waals surface area contributed by atoms with Crippen LogP contribution < -0.4 is 10.1 Å². The highest BCUT2D eigenvalue weighted by molar-refractivity contribution is 5.23. The maximum absolute atomic E-state index is 13.0. The number of benzene rings is 1. The maximum Gasteiger partial charge on any atom is 0.165 e. The minimum atomic E-state index is -0.314. The Bertz CT molecular complexity index is 265. The third-order valence-corrected chi connectivity index (χ3v) is 1.82. The van der Waals surface area contributed by atoms with Gasteiger partial charge in [0.2, 0.25) is 0 Å². The lowest BCUT2D eigenvalue weighted by Gasteiger charge is -2.12. The van der Waals surface area contributed by atoms with Crippen LogP contribution in [-0.4, -0.2) is 19.7 Å². The highest BCUT2D eigenvalue weighted by Crippen LogP contribution is 2.15.